The molecule has 0 aliphatic rings. The molecule has 0 aliphatic heterocycles. The smallest absolute Gasteiger partial charge is 0.251 e. The highest BCUT2D eigenvalue weighted by Crippen LogP contribution is 2.23. The van der Waals surface area contributed by atoms with Crippen molar-refractivity contribution >= 4 is 27.5 Å². The number of quaternary nitrogens is 1. The van der Waals surface area contributed by atoms with E-state index in [1.165, 1.54) is 11.1 Å². The van der Waals surface area contributed by atoms with Crippen molar-refractivity contribution in [2.45, 2.75) is 39.5 Å². The lowest BCUT2D eigenvalue weighted by Gasteiger charge is -2.14. The van der Waals surface area contributed by atoms with Crippen LogP contribution in [0, 0.1) is 0 Å². The topological polar surface area (TPSA) is 56.7 Å². The summed E-state index contributed by atoms with van der Waals surface area (Å²) >= 11 is 0. The van der Waals surface area contributed by atoms with Crippen molar-refractivity contribution in [3.05, 3.63) is 34.9 Å². The van der Waals surface area contributed by atoms with Gasteiger partial charge in [-0.25, -0.2) is 0 Å². The number of carbonyl (C=O) groups is 1. The van der Waals surface area contributed by atoms with Gasteiger partial charge in [0.25, 0.3) is 5.91 Å². The van der Waals surface area contributed by atoms with Crippen molar-refractivity contribution in [1.29, 1.82) is 0 Å². The third-order valence-electron chi connectivity index (χ3n) is 3.36. The molecular formula is C17H29N2OS2+. The molecule has 0 fully saturated rings. The van der Waals surface area contributed by atoms with Crippen molar-refractivity contribution < 1.29 is 10.5 Å². The molecule has 1 aromatic carbocycles. The average molecular weight is 342 g/mol. The molecule has 0 saturated heterocycles. The summed E-state index contributed by atoms with van der Waals surface area (Å²) < 4.78 is 0. The number of rotatable bonds is 9. The Hall–Kier alpha value is -0.650. The van der Waals surface area contributed by atoms with Crippen molar-refractivity contribution in [2.75, 3.05) is 24.6 Å². The Labute approximate surface area is 142 Å². The van der Waals surface area contributed by atoms with Crippen LogP contribution >= 0.6 is 21.6 Å². The minimum absolute atomic E-state index is 0.0344. The number of hydrogen-bond acceptors (Lipinski definition) is 3. The molecule has 0 bridgehead atoms. The first-order chi connectivity index (χ1) is 10.5. The van der Waals surface area contributed by atoms with E-state index in [-0.39, 0.29) is 5.91 Å². The van der Waals surface area contributed by atoms with Crippen LogP contribution in [0.25, 0.3) is 0 Å². The van der Waals surface area contributed by atoms with E-state index >= 15 is 0 Å². The van der Waals surface area contributed by atoms with Gasteiger partial charge in [0.05, 0.1) is 12.3 Å². The van der Waals surface area contributed by atoms with Gasteiger partial charge in [-0.2, -0.15) is 0 Å². The number of benzene rings is 1. The fourth-order valence-corrected chi connectivity index (χ4v) is 3.81. The van der Waals surface area contributed by atoms with Crippen LogP contribution < -0.4 is 11.1 Å². The van der Waals surface area contributed by atoms with Gasteiger partial charge >= 0.3 is 0 Å². The van der Waals surface area contributed by atoms with E-state index < -0.39 is 0 Å². The monoisotopic (exact) mass is 341 g/mol. The molecule has 5 heteroatoms. The van der Waals surface area contributed by atoms with E-state index in [4.69, 9.17) is 0 Å². The summed E-state index contributed by atoms with van der Waals surface area (Å²) in [5, 5.41) is 3.02. The zero-order valence-electron chi connectivity index (χ0n) is 14.1. The fraction of sp³-hybridized carbons (Fsp3) is 0.588. The summed E-state index contributed by atoms with van der Waals surface area (Å²) in [6, 6.07) is 6.27. The normalized spacial score (nSPS) is 11.2. The maximum Gasteiger partial charge on any atom is 0.251 e. The molecule has 1 amide bonds. The summed E-state index contributed by atoms with van der Waals surface area (Å²) in [5.41, 5.74) is 7.06. The largest absolute Gasteiger partial charge is 0.357 e. The third-order valence-corrected chi connectivity index (χ3v) is 5.85. The maximum absolute atomic E-state index is 12.3. The SMILES string of the molecule is CC(C)c1cc(C(=O)NCCSSCC[NH3+])cc(C(C)C)c1. The van der Waals surface area contributed by atoms with Crippen LogP contribution in [0.1, 0.15) is 61.0 Å². The lowest BCUT2D eigenvalue weighted by atomic mass is 9.93. The zero-order valence-corrected chi connectivity index (χ0v) is 15.8. The Morgan fingerprint density at radius 1 is 1.05 bits per heavy atom. The predicted octanol–water partition coefficient (Wildman–Crippen LogP) is 3.29. The molecule has 124 valence electrons. The predicted molar refractivity (Wildman–Crippen MR) is 99.6 cm³/mol. The van der Waals surface area contributed by atoms with Crippen LogP contribution in [0.2, 0.25) is 0 Å². The van der Waals surface area contributed by atoms with E-state index in [9.17, 15) is 4.79 Å². The number of nitrogens with one attached hydrogen (secondary N) is 1. The molecule has 3 nitrogen and oxygen atoms in total. The van der Waals surface area contributed by atoms with Gasteiger partial charge in [0.2, 0.25) is 0 Å². The first kappa shape index (κ1) is 19.4. The first-order valence-corrected chi connectivity index (χ1v) is 10.4. The fourth-order valence-electron chi connectivity index (χ4n) is 1.96. The van der Waals surface area contributed by atoms with E-state index in [1.807, 2.05) is 22.9 Å². The van der Waals surface area contributed by atoms with Gasteiger partial charge in [0.1, 0.15) is 0 Å². The Balaban J connectivity index is 2.64. The van der Waals surface area contributed by atoms with Crippen molar-refractivity contribution in [3.63, 3.8) is 0 Å². The summed E-state index contributed by atoms with van der Waals surface area (Å²) in [7, 11) is 3.61. The lowest BCUT2D eigenvalue weighted by molar-refractivity contribution is -0.360. The van der Waals surface area contributed by atoms with Gasteiger partial charge in [-0.15, -0.1) is 0 Å². The standard InChI is InChI=1S/C17H28N2OS2/c1-12(2)14-9-15(13(3)4)11-16(10-14)17(20)19-6-8-22-21-7-5-18/h9-13H,5-8,18H2,1-4H3,(H,19,20)/p+1. The maximum atomic E-state index is 12.3. The summed E-state index contributed by atoms with van der Waals surface area (Å²) in [6.45, 7) is 10.3. The minimum Gasteiger partial charge on any atom is -0.357 e. The Bertz CT molecular complexity index is 449. The second-order valence-corrected chi connectivity index (χ2v) is 8.65. The molecule has 0 unspecified atom stereocenters. The Kier molecular flexibility index (Phi) is 8.98. The van der Waals surface area contributed by atoms with E-state index in [1.54, 1.807) is 10.8 Å². The van der Waals surface area contributed by atoms with Crippen LogP contribution in [-0.4, -0.2) is 30.5 Å². The van der Waals surface area contributed by atoms with Gasteiger partial charge in [0, 0.05) is 17.9 Å². The second kappa shape index (κ2) is 10.2. The highest BCUT2D eigenvalue weighted by Gasteiger charge is 2.12. The van der Waals surface area contributed by atoms with Gasteiger partial charge in [-0.1, -0.05) is 55.3 Å². The number of hydrogen-bond donors (Lipinski definition) is 2. The minimum atomic E-state index is 0.0344. The third kappa shape index (κ3) is 6.63. The van der Waals surface area contributed by atoms with Gasteiger partial charge < -0.3 is 11.1 Å². The molecule has 1 aromatic rings. The molecule has 22 heavy (non-hydrogen) atoms. The highest BCUT2D eigenvalue weighted by atomic mass is 33.1. The van der Waals surface area contributed by atoms with Crippen LogP contribution in [-0.2, 0) is 0 Å². The van der Waals surface area contributed by atoms with E-state index in [2.05, 4.69) is 44.8 Å². The molecular weight excluding hydrogens is 312 g/mol. The average Bonchev–Trinajstić information content (AvgIpc) is 2.49. The van der Waals surface area contributed by atoms with Crippen molar-refractivity contribution in [2.24, 2.45) is 0 Å². The van der Waals surface area contributed by atoms with E-state index in [0.717, 1.165) is 23.6 Å². The number of carbonyl (C=O) groups excluding carboxylic acids is 1. The van der Waals surface area contributed by atoms with Crippen LogP contribution in [0.4, 0.5) is 0 Å². The summed E-state index contributed by atoms with van der Waals surface area (Å²) in [5.74, 6) is 2.89. The number of amides is 1. The first-order valence-electron chi connectivity index (χ1n) is 7.92. The molecule has 4 N–H and O–H groups in total. The van der Waals surface area contributed by atoms with Gasteiger partial charge in [-0.05, 0) is 35.1 Å². The highest BCUT2D eigenvalue weighted by molar-refractivity contribution is 8.76. The molecule has 0 saturated carbocycles. The molecule has 0 spiro atoms. The molecule has 0 heterocycles. The Morgan fingerprint density at radius 3 is 2.09 bits per heavy atom. The quantitative estimate of drug-likeness (QED) is 0.535. The summed E-state index contributed by atoms with van der Waals surface area (Å²) in [4.78, 5) is 12.3. The van der Waals surface area contributed by atoms with Gasteiger partial charge in [0.15, 0.2) is 0 Å². The molecule has 1 rings (SSSR count). The van der Waals surface area contributed by atoms with Crippen molar-refractivity contribution in [1.82, 2.24) is 5.32 Å². The molecule has 0 atom stereocenters. The van der Waals surface area contributed by atoms with E-state index in [0.29, 0.717) is 18.4 Å². The molecule has 0 aliphatic carbocycles. The van der Waals surface area contributed by atoms with Crippen LogP contribution in [0.3, 0.4) is 0 Å². The lowest BCUT2D eigenvalue weighted by Crippen LogP contribution is -2.51. The molecule has 0 aromatic heterocycles. The zero-order chi connectivity index (χ0) is 16.5. The Morgan fingerprint density at radius 2 is 1.59 bits per heavy atom. The molecule has 0 radical (unpaired) electrons. The van der Waals surface area contributed by atoms with Crippen LogP contribution in [0.5, 0.6) is 0 Å². The summed E-state index contributed by atoms with van der Waals surface area (Å²) in [6.07, 6.45) is 0. The van der Waals surface area contributed by atoms with Crippen LogP contribution in [0.15, 0.2) is 18.2 Å². The van der Waals surface area contributed by atoms with Crippen molar-refractivity contribution in [3.8, 4) is 0 Å². The van der Waals surface area contributed by atoms with Gasteiger partial charge in [-0.3, -0.25) is 4.79 Å². The second-order valence-electron chi connectivity index (χ2n) is 5.95.